The largest absolute Gasteiger partial charge is 0.497 e. The maximum atomic E-state index is 11.8. The molecule has 29 heavy (non-hydrogen) atoms. The molecule has 0 spiro atoms. The van der Waals surface area contributed by atoms with Crippen LogP contribution in [0.4, 0.5) is 5.82 Å². The van der Waals surface area contributed by atoms with Gasteiger partial charge in [-0.25, -0.2) is 18.4 Å². The molecule has 0 aliphatic carbocycles. The Labute approximate surface area is 172 Å². The highest BCUT2D eigenvalue weighted by Crippen LogP contribution is 2.27. The first-order valence-corrected chi connectivity index (χ1v) is 11.3. The monoisotopic (exact) mass is 420 g/mol. The molecule has 0 amide bonds. The predicted octanol–water partition coefficient (Wildman–Crippen LogP) is 1.61. The van der Waals surface area contributed by atoms with Crippen LogP contribution < -0.4 is 9.64 Å². The van der Waals surface area contributed by atoms with E-state index in [2.05, 4.69) is 9.88 Å². The number of aromatic nitrogens is 2. The minimum Gasteiger partial charge on any atom is -0.497 e. The van der Waals surface area contributed by atoms with Crippen molar-refractivity contribution >= 4 is 15.8 Å². The summed E-state index contributed by atoms with van der Waals surface area (Å²) in [6.07, 6.45) is 1.91. The van der Waals surface area contributed by atoms with E-state index in [0.29, 0.717) is 45.0 Å². The van der Waals surface area contributed by atoms with E-state index >= 15 is 0 Å². The number of rotatable bonds is 7. The summed E-state index contributed by atoms with van der Waals surface area (Å²) in [5.41, 5.74) is 2.98. The van der Waals surface area contributed by atoms with E-state index in [9.17, 15) is 8.42 Å². The normalized spacial score (nSPS) is 15.5. The highest BCUT2D eigenvalue weighted by molar-refractivity contribution is 7.88. The van der Waals surface area contributed by atoms with Crippen molar-refractivity contribution in [2.45, 2.75) is 20.0 Å². The van der Waals surface area contributed by atoms with Crippen LogP contribution in [0.5, 0.6) is 5.75 Å². The molecule has 0 unspecified atom stereocenters. The zero-order valence-electron chi connectivity index (χ0n) is 17.4. The van der Waals surface area contributed by atoms with Crippen molar-refractivity contribution in [1.82, 2.24) is 14.3 Å². The molecule has 1 aliphatic heterocycles. The Morgan fingerprint density at radius 1 is 1.03 bits per heavy atom. The molecule has 1 fully saturated rings. The van der Waals surface area contributed by atoms with Crippen molar-refractivity contribution in [3.63, 3.8) is 0 Å². The highest BCUT2D eigenvalue weighted by atomic mass is 32.2. The third-order valence-corrected chi connectivity index (χ3v) is 6.31. The van der Waals surface area contributed by atoms with E-state index in [1.54, 1.807) is 14.2 Å². The van der Waals surface area contributed by atoms with E-state index in [1.165, 1.54) is 10.6 Å². The van der Waals surface area contributed by atoms with Gasteiger partial charge >= 0.3 is 0 Å². The number of aryl methyl sites for hydroxylation is 1. The molecule has 1 saturated heterocycles. The SMILES string of the molecule is COCc1nc(C)nc(N2CCN(S(C)(=O)=O)CC2)c1Cc1ccc(OC)cc1. The van der Waals surface area contributed by atoms with Crippen LogP contribution in [0.2, 0.25) is 0 Å². The van der Waals surface area contributed by atoms with Crippen LogP contribution in [0, 0.1) is 6.92 Å². The first-order valence-electron chi connectivity index (χ1n) is 9.50. The van der Waals surface area contributed by atoms with Gasteiger partial charge in [-0.1, -0.05) is 12.1 Å². The molecule has 3 rings (SSSR count). The van der Waals surface area contributed by atoms with Crippen LogP contribution in [-0.4, -0.2) is 69.3 Å². The topological polar surface area (TPSA) is 84.9 Å². The van der Waals surface area contributed by atoms with Gasteiger partial charge in [0.25, 0.3) is 0 Å². The lowest BCUT2D eigenvalue weighted by Crippen LogP contribution is -2.49. The average Bonchev–Trinajstić information content (AvgIpc) is 2.70. The number of benzene rings is 1. The second-order valence-electron chi connectivity index (χ2n) is 7.13. The van der Waals surface area contributed by atoms with Gasteiger partial charge in [0.1, 0.15) is 17.4 Å². The van der Waals surface area contributed by atoms with Crippen molar-refractivity contribution in [3.8, 4) is 5.75 Å². The average molecular weight is 421 g/mol. The molecule has 158 valence electrons. The summed E-state index contributed by atoms with van der Waals surface area (Å²) in [7, 11) is 0.119. The molecular weight excluding hydrogens is 392 g/mol. The minimum atomic E-state index is -3.18. The molecule has 1 aliphatic rings. The molecule has 1 aromatic carbocycles. The van der Waals surface area contributed by atoms with Gasteiger partial charge in [-0.3, -0.25) is 0 Å². The van der Waals surface area contributed by atoms with Gasteiger partial charge in [-0.2, -0.15) is 4.31 Å². The molecule has 0 bridgehead atoms. The maximum Gasteiger partial charge on any atom is 0.211 e. The van der Waals surface area contributed by atoms with Gasteiger partial charge in [0.05, 0.1) is 25.7 Å². The van der Waals surface area contributed by atoms with Crippen molar-refractivity contribution in [2.24, 2.45) is 0 Å². The Morgan fingerprint density at radius 3 is 2.24 bits per heavy atom. The summed E-state index contributed by atoms with van der Waals surface area (Å²) in [4.78, 5) is 11.5. The molecule has 0 N–H and O–H groups in total. The zero-order chi connectivity index (χ0) is 21.0. The van der Waals surface area contributed by atoms with Gasteiger partial charge in [0, 0.05) is 45.3 Å². The van der Waals surface area contributed by atoms with Crippen LogP contribution in [-0.2, 0) is 27.8 Å². The van der Waals surface area contributed by atoms with Crippen LogP contribution >= 0.6 is 0 Å². The summed E-state index contributed by atoms with van der Waals surface area (Å²) in [5.74, 6) is 2.34. The van der Waals surface area contributed by atoms with Crippen molar-refractivity contribution in [3.05, 3.63) is 46.9 Å². The van der Waals surface area contributed by atoms with E-state index in [1.807, 2.05) is 31.2 Å². The fraction of sp³-hybridized carbons (Fsp3) is 0.500. The van der Waals surface area contributed by atoms with E-state index in [4.69, 9.17) is 14.5 Å². The summed E-state index contributed by atoms with van der Waals surface area (Å²) < 4.78 is 35.8. The molecule has 8 nitrogen and oxygen atoms in total. The first-order chi connectivity index (χ1) is 13.8. The Hall–Kier alpha value is -2.23. The van der Waals surface area contributed by atoms with Gasteiger partial charge < -0.3 is 14.4 Å². The van der Waals surface area contributed by atoms with Gasteiger partial charge in [0.15, 0.2) is 0 Å². The molecule has 0 saturated carbocycles. The molecule has 0 radical (unpaired) electrons. The number of methoxy groups -OCH3 is 2. The lowest BCUT2D eigenvalue weighted by molar-refractivity contribution is 0.180. The fourth-order valence-corrected chi connectivity index (χ4v) is 4.34. The van der Waals surface area contributed by atoms with E-state index in [0.717, 1.165) is 28.4 Å². The number of nitrogens with zero attached hydrogens (tertiary/aromatic N) is 4. The molecule has 0 atom stereocenters. The third kappa shape index (κ3) is 5.23. The number of piperazine rings is 1. The van der Waals surface area contributed by atoms with Gasteiger partial charge in [0.2, 0.25) is 10.0 Å². The van der Waals surface area contributed by atoms with Gasteiger partial charge in [-0.15, -0.1) is 0 Å². The lowest BCUT2D eigenvalue weighted by atomic mass is 10.0. The summed E-state index contributed by atoms with van der Waals surface area (Å²) in [6, 6.07) is 7.93. The van der Waals surface area contributed by atoms with Crippen molar-refractivity contribution in [2.75, 3.05) is 51.6 Å². The number of hydrogen-bond acceptors (Lipinski definition) is 7. The molecule has 1 aromatic heterocycles. The first kappa shape index (κ1) is 21.5. The van der Waals surface area contributed by atoms with Crippen LogP contribution in [0.3, 0.4) is 0 Å². The number of ether oxygens (including phenoxy) is 2. The number of hydrogen-bond donors (Lipinski definition) is 0. The number of anilines is 1. The lowest BCUT2D eigenvalue weighted by Gasteiger charge is -2.35. The quantitative estimate of drug-likeness (QED) is 0.673. The summed E-state index contributed by atoms with van der Waals surface area (Å²) >= 11 is 0. The van der Waals surface area contributed by atoms with Crippen molar-refractivity contribution in [1.29, 1.82) is 0 Å². The standard InChI is InChI=1S/C20H28N4O4S/c1-15-21-19(14-27-2)18(13-16-5-7-17(28-3)8-6-16)20(22-15)23-9-11-24(12-10-23)29(4,25)26/h5-8H,9-14H2,1-4H3. The van der Waals surface area contributed by atoms with E-state index < -0.39 is 10.0 Å². The molecular formula is C20H28N4O4S. The summed E-state index contributed by atoms with van der Waals surface area (Å²) in [6.45, 7) is 4.34. The predicted molar refractivity (Wildman–Crippen MR) is 112 cm³/mol. The van der Waals surface area contributed by atoms with Gasteiger partial charge in [-0.05, 0) is 24.6 Å². The zero-order valence-corrected chi connectivity index (χ0v) is 18.2. The Balaban J connectivity index is 1.93. The minimum absolute atomic E-state index is 0.394. The second kappa shape index (κ2) is 9.06. The third-order valence-electron chi connectivity index (χ3n) is 5.01. The smallest absolute Gasteiger partial charge is 0.211 e. The molecule has 2 aromatic rings. The van der Waals surface area contributed by atoms with E-state index in [-0.39, 0.29) is 0 Å². The Bertz CT molecular complexity index is 940. The molecule has 9 heteroatoms. The highest BCUT2D eigenvalue weighted by Gasteiger charge is 2.26. The van der Waals surface area contributed by atoms with Crippen LogP contribution in [0.1, 0.15) is 22.6 Å². The Kier molecular flexibility index (Phi) is 6.71. The van der Waals surface area contributed by atoms with Crippen molar-refractivity contribution < 1.29 is 17.9 Å². The maximum absolute atomic E-state index is 11.8. The fourth-order valence-electron chi connectivity index (χ4n) is 3.52. The summed E-state index contributed by atoms with van der Waals surface area (Å²) in [5, 5.41) is 0. The van der Waals surface area contributed by atoms with Crippen LogP contribution in [0.25, 0.3) is 0 Å². The van der Waals surface area contributed by atoms with Crippen LogP contribution in [0.15, 0.2) is 24.3 Å². The number of sulfonamides is 1. The molecule has 2 heterocycles. The Morgan fingerprint density at radius 2 is 1.69 bits per heavy atom. The second-order valence-corrected chi connectivity index (χ2v) is 9.11.